The number of hydrogen-bond donors (Lipinski definition) is 4. The van der Waals surface area contributed by atoms with Crippen LogP contribution in [0.25, 0.3) is 21.8 Å². The highest BCUT2D eigenvalue weighted by Crippen LogP contribution is 2.46. The Morgan fingerprint density at radius 3 is 2.81 bits per heavy atom. The van der Waals surface area contributed by atoms with Gasteiger partial charge in [0, 0.05) is 30.1 Å². The number of H-pyrrole nitrogens is 1. The Morgan fingerprint density at radius 2 is 2.06 bits per heavy atom. The highest BCUT2D eigenvalue weighted by molar-refractivity contribution is 7.16. The second kappa shape index (κ2) is 10.2. The van der Waals surface area contributed by atoms with Crippen molar-refractivity contribution < 1.29 is 19.1 Å². The zero-order chi connectivity index (χ0) is 25.2. The molecule has 0 unspecified atom stereocenters. The number of nitrogens with one attached hydrogen (secondary N) is 4. The van der Waals surface area contributed by atoms with Gasteiger partial charge in [0.1, 0.15) is 5.69 Å². The van der Waals surface area contributed by atoms with E-state index >= 15 is 0 Å². The van der Waals surface area contributed by atoms with Gasteiger partial charge in [0.05, 0.1) is 46.3 Å². The third-order valence-corrected chi connectivity index (χ3v) is 7.30. The summed E-state index contributed by atoms with van der Waals surface area (Å²) in [7, 11) is 4.01. The number of likely N-dealkylation sites (N-methyl/N-ethyl adjacent to an activating group) is 1. The lowest BCUT2D eigenvalue weighted by molar-refractivity contribution is -0.105. The monoisotopic (exact) mass is 509 g/mol. The predicted molar refractivity (Wildman–Crippen MR) is 137 cm³/mol. The van der Waals surface area contributed by atoms with Gasteiger partial charge in [-0.15, -0.1) is 11.3 Å². The number of rotatable bonds is 8. The smallest absolute Gasteiger partial charge is 0.333 e. The number of hydrogen-bond acceptors (Lipinski definition) is 8. The van der Waals surface area contributed by atoms with Gasteiger partial charge in [0.15, 0.2) is 5.78 Å². The van der Waals surface area contributed by atoms with Crippen LogP contribution in [-0.2, 0) is 16.0 Å². The van der Waals surface area contributed by atoms with Gasteiger partial charge >= 0.3 is 6.03 Å². The number of aromatic amines is 1. The number of morpholine rings is 1. The van der Waals surface area contributed by atoms with Gasteiger partial charge in [-0.05, 0) is 32.6 Å². The van der Waals surface area contributed by atoms with E-state index in [1.54, 1.807) is 17.1 Å². The van der Waals surface area contributed by atoms with Gasteiger partial charge in [-0.2, -0.15) is 5.10 Å². The first-order valence-electron chi connectivity index (χ1n) is 11.6. The summed E-state index contributed by atoms with van der Waals surface area (Å²) < 4.78 is 5.30. The molecule has 3 amide bonds. The number of nitrogens with zero attached hydrogens (tertiary/aromatic N) is 3. The fraction of sp³-hybridized carbons (Fsp3) is 0.333. The van der Waals surface area contributed by atoms with Crippen LogP contribution in [0.2, 0.25) is 0 Å². The number of urea groups is 1. The fourth-order valence-corrected chi connectivity index (χ4v) is 5.48. The molecular formula is C24H27N7O4S. The lowest BCUT2D eigenvalue weighted by atomic mass is 10.1. The van der Waals surface area contributed by atoms with E-state index in [9.17, 15) is 14.4 Å². The number of hydrazine groups is 1. The highest BCUT2D eigenvalue weighted by Gasteiger charge is 2.36. The predicted octanol–water partition coefficient (Wildman–Crippen LogP) is 2.39. The second-order valence-electron chi connectivity index (χ2n) is 8.82. The summed E-state index contributed by atoms with van der Waals surface area (Å²) in [5, 5.41) is 14.8. The van der Waals surface area contributed by atoms with Crippen LogP contribution in [0.3, 0.4) is 0 Å². The Hall–Kier alpha value is -3.58. The number of carbonyl (C=O) groups excluding carboxylic acids is 3. The summed E-state index contributed by atoms with van der Waals surface area (Å²) in [6.07, 6.45) is 1.44. The molecular weight excluding hydrogens is 482 g/mol. The van der Waals surface area contributed by atoms with Gasteiger partial charge in [-0.1, -0.05) is 12.1 Å². The zero-order valence-electron chi connectivity index (χ0n) is 20.0. The van der Waals surface area contributed by atoms with Crippen LogP contribution < -0.4 is 16.1 Å². The molecule has 1 aromatic carbocycles. The number of benzene rings is 1. The van der Waals surface area contributed by atoms with E-state index < -0.39 is 6.03 Å². The lowest BCUT2D eigenvalue weighted by Gasteiger charge is -2.27. The zero-order valence-corrected chi connectivity index (χ0v) is 20.8. The van der Waals surface area contributed by atoms with Crippen molar-refractivity contribution in [3.8, 4) is 21.8 Å². The molecule has 12 heteroatoms. The van der Waals surface area contributed by atoms with E-state index in [4.69, 9.17) is 4.74 Å². The maximum atomic E-state index is 13.7. The number of aromatic nitrogens is 2. The minimum absolute atomic E-state index is 0.230. The molecule has 2 aromatic heterocycles. The van der Waals surface area contributed by atoms with E-state index in [1.165, 1.54) is 11.3 Å². The number of fused-ring (bicyclic) bond motifs is 3. The Bertz CT molecular complexity index is 1310. The number of amides is 3. The average Bonchev–Trinajstić information content (AvgIpc) is 3.54. The molecule has 0 saturated carbocycles. The SMILES string of the molecule is CN(C)CCc1cc(NC=O)c(-c2[nH]nc3c2C(=O)c2c(NC(=O)NN4CCOCC4)cccc2-3)s1. The van der Waals surface area contributed by atoms with Crippen molar-refractivity contribution in [2.75, 3.05) is 57.6 Å². The molecule has 0 atom stereocenters. The van der Waals surface area contributed by atoms with Crippen LogP contribution in [0, 0.1) is 0 Å². The largest absolute Gasteiger partial charge is 0.379 e. The number of ether oxygens (including phenoxy) is 1. The number of anilines is 2. The van der Waals surface area contributed by atoms with Gasteiger partial charge in [-0.25, -0.2) is 9.80 Å². The van der Waals surface area contributed by atoms with E-state index in [1.807, 2.05) is 26.2 Å². The highest BCUT2D eigenvalue weighted by atomic mass is 32.1. The summed E-state index contributed by atoms with van der Waals surface area (Å²) in [6, 6.07) is 6.81. The van der Waals surface area contributed by atoms with Crippen LogP contribution >= 0.6 is 11.3 Å². The molecule has 11 nitrogen and oxygen atoms in total. The van der Waals surface area contributed by atoms with Crippen molar-refractivity contribution in [1.82, 2.24) is 25.5 Å². The number of thiophene rings is 1. The van der Waals surface area contributed by atoms with E-state index in [0.717, 1.165) is 22.7 Å². The molecule has 1 saturated heterocycles. The maximum absolute atomic E-state index is 13.7. The first kappa shape index (κ1) is 24.1. The number of carbonyl (C=O) groups is 3. The number of ketones is 1. The van der Waals surface area contributed by atoms with Crippen molar-refractivity contribution in [3.05, 3.63) is 40.3 Å². The van der Waals surface area contributed by atoms with Crippen LogP contribution in [-0.4, -0.2) is 85.3 Å². The minimum Gasteiger partial charge on any atom is -0.379 e. The molecule has 188 valence electrons. The van der Waals surface area contributed by atoms with Crippen molar-refractivity contribution in [2.24, 2.45) is 0 Å². The molecule has 0 radical (unpaired) electrons. The van der Waals surface area contributed by atoms with Crippen LogP contribution in [0.1, 0.15) is 20.8 Å². The van der Waals surface area contributed by atoms with Crippen molar-refractivity contribution in [1.29, 1.82) is 0 Å². The topological polar surface area (TPSA) is 132 Å². The lowest BCUT2D eigenvalue weighted by Crippen LogP contribution is -2.49. The molecule has 4 N–H and O–H groups in total. The molecule has 2 aliphatic rings. The third kappa shape index (κ3) is 4.63. The average molecular weight is 510 g/mol. The van der Waals surface area contributed by atoms with Gasteiger partial charge in [0.25, 0.3) is 0 Å². The molecule has 5 rings (SSSR count). The normalized spacial score (nSPS) is 15.0. The minimum atomic E-state index is -0.425. The molecule has 1 aliphatic heterocycles. The molecule has 1 fully saturated rings. The summed E-state index contributed by atoms with van der Waals surface area (Å²) in [6.45, 7) is 3.12. The van der Waals surface area contributed by atoms with E-state index in [2.05, 4.69) is 31.2 Å². The van der Waals surface area contributed by atoms with E-state index in [0.29, 0.717) is 72.2 Å². The van der Waals surface area contributed by atoms with Gasteiger partial charge in [0.2, 0.25) is 6.41 Å². The third-order valence-electron chi connectivity index (χ3n) is 6.09. The first-order valence-corrected chi connectivity index (χ1v) is 12.4. The summed E-state index contributed by atoms with van der Waals surface area (Å²) in [5.74, 6) is -0.230. The molecule has 0 spiro atoms. The van der Waals surface area contributed by atoms with Gasteiger partial charge in [-0.3, -0.25) is 20.1 Å². The van der Waals surface area contributed by atoms with Crippen LogP contribution in [0.15, 0.2) is 24.3 Å². The Kier molecular flexibility index (Phi) is 6.83. The molecule has 1 aliphatic carbocycles. The first-order chi connectivity index (χ1) is 17.5. The van der Waals surface area contributed by atoms with Crippen LogP contribution in [0.4, 0.5) is 16.2 Å². The Labute approximate surface area is 211 Å². The second-order valence-corrected chi connectivity index (χ2v) is 9.95. The van der Waals surface area contributed by atoms with Gasteiger partial charge < -0.3 is 20.3 Å². The van der Waals surface area contributed by atoms with E-state index in [-0.39, 0.29) is 5.78 Å². The molecule has 3 aromatic rings. The summed E-state index contributed by atoms with van der Waals surface area (Å²) in [5.41, 5.74) is 6.40. The van der Waals surface area contributed by atoms with Crippen molar-refractivity contribution in [3.63, 3.8) is 0 Å². The Morgan fingerprint density at radius 1 is 1.25 bits per heavy atom. The Balaban J connectivity index is 1.44. The quantitative estimate of drug-likeness (QED) is 0.268. The molecule has 3 heterocycles. The van der Waals surface area contributed by atoms with Crippen LogP contribution in [0.5, 0.6) is 0 Å². The fourth-order valence-electron chi connectivity index (χ4n) is 4.37. The summed E-state index contributed by atoms with van der Waals surface area (Å²) in [4.78, 5) is 41.5. The molecule has 0 bridgehead atoms. The molecule has 36 heavy (non-hydrogen) atoms. The van der Waals surface area contributed by atoms with Crippen molar-refractivity contribution >= 4 is 40.9 Å². The summed E-state index contributed by atoms with van der Waals surface area (Å²) >= 11 is 1.51. The maximum Gasteiger partial charge on any atom is 0.333 e. The van der Waals surface area contributed by atoms with Crippen molar-refractivity contribution in [2.45, 2.75) is 6.42 Å². The standard InChI is InChI=1S/C24H27N7O4S/c1-30(2)7-6-14-12-17(25-13-32)23(36-14)21-19-20(27-28-21)15-4-3-5-16(18(15)22(19)33)26-24(34)29-31-8-10-35-11-9-31/h3-5,12-13H,6-11H2,1-2H3,(H,25,32)(H,27,28)(H2,26,29,34).